The van der Waals surface area contributed by atoms with Gasteiger partial charge in [0.05, 0.1) is 31.3 Å². The third-order valence-electron chi connectivity index (χ3n) is 6.07. The normalized spacial score (nSPS) is 22.4. The minimum absolute atomic E-state index is 0. The van der Waals surface area contributed by atoms with Crippen LogP contribution < -0.4 is 4.90 Å². The smallest absolute Gasteiger partial charge is 0.285 e. The number of anilines is 1. The van der Waals surface area contributed by atoms with E-state index < -0.39 is 0 Å². The van der Waals surface area contributed by atoms with Gasteiger partial charge < -0.3 is 9.38 Å². The SMILES string of the molecule is CC[N+]1(C2CCN(c3c(C)cc(C#N)cc3C)C2=O)CCCCC1.[Y]. The monoisotopic (exact) mass is 415 g/mol. The minimum Gasteiger partial charge on any atom is -0.314 e. The third-order valence-corrected chi connectivity index (χ3v) is 6.07. The number of nitriles is 1. The van der Waals surface area contributed by atoms with E-state index in [1.54, 1.807) is 0 Å². The Morgan fingerprint density at radius 3 is 2.32 bits per heavy atom. The molecule has 131 valence electrons. The van der Waals surface area contributed by atoms with Crippen molar-refractivity contribution in [2.24, 2.45) is 0 Å². The second kappa shape index (κ2) is 8.29. The number of carbonyl (C=O) groups excluding carboxylic acids is 1. The first kappa shape index (κ1) is 20.6. The van der Waals surface area contributed by atoms with Crippen LogP contribution in [0.25, 0.3) is 0 Å². The molecule has 25 heavy (non-hydrogen) atoms. The molecule has 0 bridgehead atoms. The van der Waals surface area contributed by atoms with Crippen LogP contribution in [0.4, 0.5) is 5.69 Å². The number of quaternary nitrogens is 1. The van der Waals surface area contributed by atoms with Crippen LogP contribution in [0.15, 0.2) is 12.1 Å². The van der Waals surface area contributed by atoms with Gasteiger partial charge in [-0.15, -0.1) is 0 Å². The molecule has 3 rings (SSSR count). The zero-order valence-electron chi connectivity index (χ0n) is 15.7. The van der Waals surface area contributed by atoms with E-state index in [9.17, 15) is 4.79 Å². The maximum Gasteiger partial charge on any atom is 0.285 e. The molecule has 2 fully saturated rings. The molecule has 1 atom stereocenters. The molecule has 2 aliphatic heterocycles. The standard InChI is InChI=1S/C20H28N3O.Y/c1-4-23(10-6-5-7-11-23)18-8-9-22(20(18)24)19-15(2)12-17(14-21)13-16(19)3;/h12-13,18H,4-11H2,1-3H3;/q+1;. The maximum absolute atomic E-state index is 13.3. The van der Waals surface area contributed by atoms with E-state index in [-0.39, 0.29) is 44.7 Å². The Bertz CT molecular complexity index is 666. The van der Waals surface area contributed by atoms with Crippen LogP contribution in [0.3, 0.4) is 0 Å². The Hall–Kier alpha value is -0.756. The molecule has 2 aliphatic rings. The van der Waals surface area contributed by atoms with Crippen molar-refractivity contribution in [2.75, 3.05) is 31.1 Å². The second-order valence-corrected chi connectivity index (χ2v) is 7.41. The number of carbonyl (C=O) groups is 1. The summed E-state index contributed by atoms with van der Waals surface area (Å²) < 4.78 is 0.976. The van der Waals surface area contributed by atoms with E-state index in [0.29, 0.717) is 5.56 Å². The predicted octanol–water partition coefficient (Wildman–Crippen LogP) is 3.30. The van der Waals surface area contributed by atoms with Crippen molar-refractivity contribution < 1.29 is 42.0 Å². The third kappa shape index (κ3) is 3.70. The summed E-state index contributed by atoms with van der Waals surface area (Å²) in [5, 5.41) is 9.14. The molecule has 1 amide bonds. The van der Waals surface area contributed by atoms with E-state index in [1.165, 1.54) is 19.3 Å². The summed E-state index contributed by atoms with van der Waals surface area (Å²) >= 11 is 0. The van der Waals surface area contributed by atoms with E-state index in [4.69, 9.17) is 5.26 Å². The Morgan fingerprint density at radius 2 is 1.80 bits per heavy atom. The summed E-state index contributed by atoms with van der Waals surface area (Å²) in [6.07, 6.45) is 4.74. The fourth-order valence-electron chi connectivity index (χ4n) is 4.83. The van der Waals surface area contributed by atoms with E-state index in [1.807, 2.05) is 30.9 Å². The Morgan fingerprint density at radius 1 is 1.20 bits per heavy atom. The number of likely N-dealkylation sites (tertiary alicyclic amines) is 1. The summed E-state index contributed by atoms with van der Waals surface area (Å²) in [7, 11) is 0. The average molecular weight is 415 g/mol. The van der Waals surface area contributed by atoms with Gasteiger partial charge >= 0.3 is 0 Å². The number of piperidine rings is 1. The predicted molar refractivity (Wildman–Crippen MR) is 95.8 cm³/mol. The minimum atomic E-state index is 0. The number of amides is 1. The molecule has 1 unspecified atom stereocenters. The Kier molecular flexibility index (Phi) is 6.82. The number of likely N-dealkylation sites (N-methyl/N-ethyl adjacent to an activating group) is 1. The molecule has 2 heterocycles. The van der Waals surface area contributed by atoms with Crippen LogP contribution in [0.2, 0.25) is 0 Å². The first-order chi connectivity index (χ1) is 11.5. The van der Waals surface area contributed by atoms with Crippen molar-refractivity contribution in [1.82, 2.24) is 0 Å². The van der Waals surface area contributed by atoms with Crippen LogP contribution in [0.5, 0.6) is 0 Å². The topological polar surface area (TPSA) is 44.1 Å². The molecule has 1 aromatic carbocycles. The van der Waals surface area contributed by atoms with Crippen LogP contribution in [-0.4, -0.2) is 42.6 Å². The van der Waals surface area contributed by atoms with Crippen molar-refractivity contribution in [2.45, 2.75) is 52.5 Å². The molecular weight excluding hydrogens is 387 g/mol. The Balaban J connectivity index is 0.00000225. The van der Waals surface area contributed by atoms with Crippen LogP contribution in [0, 0.1) is 25.2 Å². The van der Waals surface area contributed by atoms with Gasteiger partial charge in [0.25, 0.3) is 5.91 Å². The fraction of sp³-hybridized carbons (Fsp3) is 0.600. The average Bonchev–Trinajstić information content (AvgIpc) is 2.97. The summed E-state index contributed by atoms with van der Waals surface area (Å²) in [5.41, 5.74) is 3.75. The van der Waals surface area contributed by atoms with Crippen LogP contribution in [-0.2, 0) is 37.5 Å². The van der Waals surface area contributed by atoms with Crippen molar-refractivity contribution in [1.29, 1.82) is 5.26 Å². The second-order valence-electron chi connectivity index (χ2n) is 7.41. The molecule has 0 spiro atoms. The summed E-state index contributed by atoms with van der Waals surface area (Å²) in [6, 6.07) is 6.12. The molecule has 4 nitrogen and oxygen atoms in total. The molecule has 0 saturated carbocycles. The van der Waals surface area contributed by atoms with E-state index in [0.717, 1.165) is 53.9 Å². The van der Waals surface area contributed by atoms with Gasteiger partial charge in [-0.1, -0.05) is 0 Å². The largest absolute Gasteiger partial charge is 0.314 e. The van der Waals surface area contributed by atoms with Gasteiger partial charge in [-0.2, -0.15) is 5.26 Å². The van der Waals surface area contributed by atoms with Crippen molar-refractivity contribution in [3.05, 3.63) is 28.8 Å². The van der Waals surface area contributed by atoms with Crippen LogP contribution in [0.1, 0.15) is 49.3 Å². The quantitative estimate of drug-likeness (QED) is 0.712. The maximum atomic E-state index is 13.3. The molecule has 2 saturated heterocycles. The molecule has 1 radical (unpaired) electrons. The van der Waals surface area contributed by atoms with Gasteiger partial charge in [0.2, 0.25) is 0 Å². The molecule has 1 aromatic rings. The van der Waals surface area contributed by atoms with Gasteiger partial charge in [-0.25, -0.2) is 0 Å². The summed E-state index contributed by atoms with van der Waals surface area (Å²) in [5.74, 6) is 0.287. The zero-order chi connectivity index (χ0) is 17.3. The molecule has 0 aliphatic carbocycles. The van der Waals surface area contributed by atoms with Crippen molar-refractivity contribution >= 4 is 11.6 Å². The number of rotatable bonds is 3. The van der Waals surface area contributed by atoms with E-state index >= 15 is 0 Å². The number of benzene rings is 1. The van der Waals surface area contributed by atoms with Gasteiger partial charge in [0.15, 0.2) is 6.04 Å². The Labute approximate surface area is 176 Å². The van der Waals surface area contributed by atoms with Crippen LogP contribution >= 0.6 is 0 Å². The molecule has 5 heteroatoms. The first-order valence-electron chi connectivity index (χ1n) is 9.21. The molecular formula is C20H28N3OY+. The van der Waals surface area contributed by atoms with Gasteiger partial charge in [-0.05, 0) is 63.3 Å². The van der Waals surface area contributed by atoms with Crippen molar-refractivity contribution in [3.8, 4) is 6.07 Å². The number of nitrogens with zero attached hydrogens (tertiary/aromatic N) is 3. The number of hydrogen-bond donors (Lipinski definition) is 0. The summed E-state index contributed by atoms with van der Waals surface area (Å²) in [6.45, 7) is 10.4. The number of hydrogen-bond acceptors (Lipinski definition) is 2. The van der Waals surface area contributed by atoms with Gasteiger partial charge in [-0.3, -0.25) is 4.79 Å². The summed E-state index contributed by atoms with van der Waals surface area (Å²) in [4.78, 5) is 15.3. The number of aryl methyl sites for hydroxylation is 2. The fourth-order valence-corrected chi connectivity index (χ4v) is 4.83. The van der Waals surface area contributed by atoms with Crippen molar-refractivity contribution in [3.63, 3.8) is 0 Å². The molecule has 0 aromatic heterocycles. The zero-order valence-corrected chi connectivity index (χ0v) is 18.6. The first-order valence-corrected chi connectivity index (χ1v) is 9.21. The van der Waals surface area contributed by atoms with Gasteiger partial charge in [0.1, 0.15) is 0 Å². The van der Waals surface area contributed by atoms with E-state index in [2.05, 4.69) is 13.0 Å². The molecule has 0 N–H and O–H groups in total. The van der Waals surface area contributed by atoms with Gasteiger partial charge in [0, 0.05) is 51.4 Å².